The zero-order valence-electron chi connectivity index (χ0n) is 9.66. The van der Waals surface area contributed by atoms with E-state index in [0.29, 0.717) is 11.3 Å². The van der Waals surface area contributed by atoms with E-state index >= 15 is 0 Å². The highest BCUT2D eigenvalue weighted by Gasteiger charge is 2.19. The molecule has 1 aliphatic rings. The molecule has 0 atom stereocenters. The second-order valence-electron chi connectivity index (χ2n) is 4.40. The Morgan fingerprint density at radius 2 is 2.29 bits per heavy atom. The molecule has 3 nitrogen and oxygen atoms in total. The zero-order chi connectivity index (χ0) is 11.8. The number of aromatic nitrogens is 2. The van der Waals surface area contributed by atoms with Gasteiger partial charge in [0.2, 0.25) is 5.28 Å². The van der Waals surface area contributed by atoms with Gasteiger partial charge >= 0.3 is 0 Å². The molecular formula is C12H14ClN3S. The fourth-order valence-electron chi connectivity index (χ4n) is 1.98. The van der Waals surface area contributed by atoms with Crippen LogP contribution in [0.5, 0.6) is 0 Å². The van der Waals surface area contributed by atoms with Gasteiger partial charge in [-0.25, -0.2) is 9.97 Å². The molecule has 1 fully saturated rings. The number of nitrogens with one attached hydrogen (secondary N) is 1. The summed E-state index contributed by atoms with van der Waals surface area (Å²) >= 11 is 7.67. The van der Waals surface area contributed by atoms with Crippen molar-refractivity contribution in [1.29, 1.82) is 0 Å². The minimum atomic E-state index is 0.337. The zero-order valence-corrected chi connectivity index (χ0v) is 11.2. The summed E-state index contributed by atoms with van der Waals surface area (Å²) in [6, 6.07) is 2.74. The maximum absolute atomic E-state index is 5.97. The molecule has 5 heteroatoms. The second-order valence-corrected chi connectivity index (χ2v) is 5.85. The van der Waals surface area contributed by atoms with Gasteiger partial charge in [-0.2, -0.15) is 0 Å². The van der Waals surface area contributed by atoms with Crippen molar-refractivity contribution in [2.24, 2.45) is 0 Å². The molecule has 2 heterocycles. The molecule has 0 unspecified atom stereocenters. The van der Waals surface area contributed by atoms with Gasteiger partial charge in [0.25, 0.3) is 0 Å². The number of rotatable bonds is 3. The molecule has 0 radical (unpaired) electrons. The highest BCUT2D eigenvalue weighted by molar-refractivity contribution is 7.18. The molecule has 17 heavy (non-hydrogen) atoms. The minimum Gasteiger partial charge on any atom is -0.367 e. The Morgan fingerprint density at radius 1 is 1.47 bits per heavy atom. The number of aryl methyl sites for hydroxylation is 1. The van der Waals surface area contributed by atoms with Crippen LogP contribution in [-0.2, 0) is 6.42 Å². The molecule has 90 valence electrons. The third-order valence-corrected chi connectivity index (χ3v) is 4.55. The molecule has 1 saturated carbocycles. The van der Waals surface area contributed by atoms with E-state index in [1.54, 1.807) is 11.3 Å². The third kappa shape index (κ3) is 2.11. The van der Waals surface area contributed by atoms with Crippen molar-refractivity contribution in [3.63, 3.8) is 0 Å². The number of nitrogens with zero attached hydrogens (tertiary/aromatic N) is 2. The number of halogens is 1. The van der Waals surface area contributed by atoms with Crippen LogP contribution in [0.3, 0.4) is 0 Å². The first-order chi connectivity index (χ1) is 8.26. The van der Waals surface area contributed by atoms with Gasteiger partial charge in [-0.1, -0.05) is 6.92 Å². The number of thiophene rings is 1. The van der Waals surface area contributed by atoms with E-state index in [9.17, 15) is 0 Å². The van der Waals surface area contributed by atoms with E-state index in [0.717, 1.165) is 22.5 Å². The Morgan fingerprint density at radius 3 is 2.94 bits per heavy atom. The van der Waals surface area contributed by atoms with Crippen LogP contribution in [0.4, 0.5) is 5.82 Å². The largest absolute Gasteiger partial charge is 0.367 e. The quantitative estimate of drug-likeness (QED) is 0.858. The maximum atomic E-state index is 5.97. The SMILES string of the molecule is CCc1cc2c(NC3CCC3)nc(Cl)nc2s1. The summed E-state index contributed by atoms with van der Waals surface area (Å²) in [6.07, 6.45) is 4.80. The van der Waals surface area contributed by atoms with Gasteiger partial charge in [-0.15, -0.1) is 11.3 Å². The number of fused-ring (bicyclic) bond motifs is 1. The standard InChI is InChI=1S/C12H14ClN3S/c1-2-8-6-9-10(14-7-4-3-5-7)15-12(13)16-11(9)17-8/h6-7H,2-5H2,1H3,(H,14,15,16). The van der Waals surface area contributed by atoms with Crippen molar-refractivity contribution in [2.45, 2.75) is 38.6 Å². The van der Waals surface area contributed by atoms with Crippen LogP contribution >= 0.6 is 22.9 Å². The Bertz CT molecular complexity index is 548. The first-order valence-corrected chi connectivity index (χ1v) is 7.18. The molecule has 0 spiro atoms. The predicted molar refractivity (Wildman–Crippen MR) is 73.1 cm³/mol. The summed E-state index contributed by atoms with van der Waals surface area (Å²) in [7, 11) is 0. The average Bonchev–Trinajstić information content (AvgIpc) is 2.65. The second kappa shape index (κ2) is 4.42. The van der Waals surface area contributed by atoms with Crippen molar-refractivity contribution >= 4 is 39.0 Å². The summed E-state index contributed by atoms with van der Waals surface area (Å²) in [6.45, 7) is 2.15. The predicted octanol–water partition coefficient (Wildman–Crippen LogP) is 3.87. The van der Waals surface area contributed by atoms with Crippen molar-refractivity contribution in [2.75, 3.05) is 5.32 Å². The maximum Gasteiger partial charge on any atom is 0.225 e. The fourth-order valence-corrected chi connectivity index (χ4v) is 3.16. The van der Waals surface area contributed by atoms with E-state index < -0.39 is 0 Å². The molecule has 0 aliphatic heterocycles. The first-order valence-electron chi connectivity index (χ1n) is 5.98. The summed E-state index contributed by atoms with van der Waals surface area (Å²) in [4.78, 5) is 10.9. The number of hydrogen-bond acceptors (Lipinski definition) is 4. The summed E-state index contributed by atoms with van der Waals surface area (Å²) in [5.74, 6) is 0.903. The third-order valence-electron chi connectivity index (χ3n) is 3.21. The molecule has 1 N–H and O–H groups in total. The number of hydrogen-bond donors (Lipinski definition) is 1. The lowest BCUT2D eigenvalue weighted by molar-refractivity contribution is 0.445. The van der Waals surface area contributed by atoms with Crippen molar-refractivity contribution in [3.05, 3.63) is 16.2 Å². The molecule has 2 aromatic heterocycles. The van der Waals surface area contributed by atoms with Gasteiger partial charge in [-0.05, 0) is 43.4 Å². The highest BCUT2D eigenvalue weighted by atomic mass is 35.5. The highest BCUT2D eigenvalue weighted by Crippen LogP contribution is 2.32. The molecule has 3 rings (SSSR count). The minimum absolute atomic E-state index is 0.337. The van der Waals surface area contributed by atoms with Gasteiger partial charge in [0.1, 0.15) is 10.6 Å². The molecule has 2 aromatic rings. The van der Waals surface area contributed by atoms with Gasteiger partial charge in [0.15, 0.2) is 0 Å². The van der Waals surface area contributed by atoms with Gasteiger partial charge < -0.3 is 5.32 Å². The summed E-state index contributed by atoms with van der Waals surface area (Å²) < 4.78 is 0. The normalized spacial score (nSPS) is 16.1. The molecule has 0 saturated heterocycles. The van der Waals surface area contributed by atoms with Crippen LogP contribution in [0.1, 0.15) is 31.1 Å². The van der Waals surface area contributed by atoms with Gasteiger partial charge in [-0.3, -0.25) is 0 Å². The Labute approximate surface area is 109 Å². The summed E-state index contributed by atoms with van der Waals surface area (Å²) in [5, 5.41) is 4.92. The van der Waals surface area contributed by atoms with Crippen molar-refractivity contribution in [1.82, 2.24) is 9.97 Å². The van der Waals surface area contributed by atoms with Crippen molar-refractivity contribution in [3.8, 4) is 0 Å². The van der Waals surface area contributed by atoms with Crippen LogP contribution in [0.2, 0.25) is 5.28 Å². The summed E-state index contributed by atoms with van der Waals surface area (Å²) in [5.41, 5.74) is 0. The van der Waals surface area contributed by atoms with E-state index in [-0.39, 0.29) is 0 Å². The monoisotopic (exact) mass is 267 g/mol. The lowest BCUT2D eigenvalue weighted by Crippen LogP contribution is -2.27. The van der Waals surface area contributed by atoms with Crippen LogP contribution in [0.25, 0.3) is 10.2 Å². The van der Waals surface area contributed by atoms with Crippen LogP contribution in [0, 0.1) is 0 Å². The molecular weight excluding hydrogens is 254 g/mol. The fraction of sp³-hybridized carbons (Fsp3) is 0.500. The Kier molecular flexibility index (Phi) is 2.92. The topological polar surface area (TPSA) is 37.8 Å². The lowest BCUT2D eigenvalue weighted by atomic mass is 9.93. The smallest absolute Gasteiger partial charge is 0.225 e. The molecule has 1 aliphatic carbocycles. The van der Waals surface area contributed by atoms with E-state index in [1.807, 2.05) is 0 Å². The van der Waals surface area contributed by atoms with Gasteiger partial charge in [0.05, 0.1) is 5.39 Å². The van der Waals surface area contributed by atoms with E-state index in [1.165, 1.54) is 24.1 Å². The average molecular weight is 268 g/mol. The number of anilines is 1. The van der Waals surface area contributed by atoms with Crippen molar-refractivity contribution < 1.29 is 0 Å². The van der Waals surface area contributed by atoms with Crippen LogP contribution in [-0.4, -0.2) is 16.0 Å². The van der Waals surface area contributed by atoms with Crippen LogP contribution < -0.4 is 5.32 Å². The van der Waals surface area contributed by atoms with E-state index in [2.05, 4.69) is 28.3 Å². The molecule has 0 aromatic carbocycles. The Balaban J connectivity index is 2.04. The van der Waals surface area contributed by atoms with Gasteiger partial charge in [0, 0.05) is 10.9 Å². The Hall–Kier alpha value is -0.870. The molecule has 0 bridgehead atoms. The first kappa shape index (κ1) is 11.2. The van der Waals surface area contributed by atoms with E-state index in [4.69, 9.17) is 11.6 Å². The van der Waals surface area contributed by atoms with Crippen LogP contribution in [0.15, 0.2) is 6.07 Å². The lowest BCUT2D eigenvalue weighted by Gasteiger charge is -2.27. The molecule has 0 amide bonds.